The Hall–Kier alpha value is -4.16. The summed E-state index contributed by atoms with van der Waals surface area (Å²) in [5.41, 5.74) is 1.01. The minimum atomic E-state index is -3.93. The van der Waals surface area contributed by atoms with E-state index in [-0.39, 0.29) is 41.5 Å². The van der Waals surface area contributed by atoms with Crippen LogP contribution in [0.15, 0.2) is 77.7 Å². The second kappa shape index (κ2) is 15.9. The average Bonchev–Trinajstić information content (AvgIpc) is 2.99. The fourth-order valence-electron chi connectivity index (χ4n) is 3.94. The molecule has 0 aliphatic carbocycles. The zero-order valence-electron chi connectivity index (χ0n) is 24.7. The molecule has 0 aliphatic rings. The van der Waals surface area contributed by atoms with E-state index in [1.54, 1.807) is 26.2 Å². The number of rotatable bonds is 16. The first-order valence-electron chi connectivity index (χ1n) is 13.8. The molecule has 0 fully saturated rings. The Labute approximate surface area is 252 Å². The van der Waals surface area contributed by atoms with Gasteiger partial charge in [0.15, 0.2) is 6.61 Å². The van der Waals surface area contributed by atoms with Crippen LogP contribution >= 0.6 is 0 Å². The number of methoxy groups -OCH3 is 1. The van der Waals surface area contributed by atoms with Crippen molar-refractivity contribution in [3.8, 4) is 11.5 Å². The number of benzene rings is 3. The quantitative estimate of drug-likeness (QED) is 0.230. The fraction of sp³-hybridized carbons (Fsp3) is 0.355. The monoisotopic (exact) mass is 615 g/mol. The van der Waals surface area contributed by atoms with E-state index >= 15 is 0 Å². The van der Waals surface area contributed by atoms with Gasteiger partial charge in [0.05, 0.1) is 18.1 Å². The van der Waals surface area contributed by atoms with Gasteiger partial charge in [0.2, 0.25) is 5.91 Å². The van der Waals surface area contributed by atoms with Crippen molar-refractivity contribution in [2.24, 2.45) is 0 Å². The van der Waals surface area contributed by atoms with Gasteiger partial charge >= 0.3 is 0 Å². The van der Waals surface area contributed by atoms with Gasteiger partial charge in [0.25, 0.3) is 15.9 Å². The second-order valence-corrected chi connectivity index (χ2v) is 11.7. The van der Waals surface area contributed by atoms with E-state index in [4.69, 9.17) is 14.2 Å². The van der Waals surface area contributed by atoms with Crippen molar-refractivity contribution in [3.05, 3.63) is 84.2 Å². The van der Waals surface area contributed by atoms with Crippen molar-refractivity contribution in [2.45, 2.75) is 50.8 Å². The Bertz CT molecular complexity index is 1430. The number of amides is 2. The van der Waals surface area contributed by atoms with Crippen molar-refractivity contribution >= 4 is 27.5 Å². The van der Waals surface area contributed by atoms with Gasteiger partial charge in [0.1, 0.15) is 23.4 Å². The number of nitrogens with one attached hydrogen (secondary N) is 2. The molecule has 10 nitrogen and oxygen atoms in total. The molecule has 1 atom stereocenters. The number of hydrogen-bond donors (Lipinski definition) is 2. The van der Waals surface area contributed by atoms with Gasteiger partial charge in [-0.05, 0) is 93.4 Å². The third kappa shape index (κ3) is 10.6. The van der Waals surface area contributed by atoms with E-state index in [0.29, 0.717) is 25.3 Å². The molecule has 2 N–H and O–H groups in total. The highest BCUT2D eigenvalue weighted by molar-refractivity contribution is 7.92. The highest BCUT2D eigenvalue weighted by Crippen LogP contribution is 2.20. The molecule has 0 unspecified atom stereocenters. The van der Waals surface area contributed by atoms with Gasteiger partial charge in [-0.15, -0.1) is 0 Å². The van der Waals surface area contributed by atoms with Gasteiger partial charge in [-0.1, -0.05) is 12.1 Å². The van der Waals surface area contributed by atoms with Crippen molar-refractivity contribution < 1.29 is 36.6 Å². The number of carbonyl (C=O) groups is 2. The lowest BCUT2D eigenvalue weighted by Gasteiger charge is -2.29. The minimum absolute atomic E-state index is 0.0410. The molecule has 43 heavy (non-hydrogen) atoms. The molecule has 2 amide bonds. The molecule has 3 aromatic rings. The number of hydrogen-bond acceptors (Lipinski definition) is 7. The van der Waals surface area contributed by atoms with Crippen LogP contribution in [0.25, 0.3) is 0 Å². The highest BCUT2D eigenvalue weighted by atomic mass is 32.2. The maximum absolute atomic E-state index is 13.3. The Kier molecular flexibility index (Phi) is 12.3. The number of anilines is 1. The molecule has 0 bridgehead atoms. The van der Waals surface area contributed by atoms with Crippen LogP contribution in [0, 0.1) is 5.82 Å². The predicted molar refractivity (Wildman–Crippen MR) is 161 cm³/mol. The maximum Gasteiger partial charge on any atom is 0.261 e. The lowest BCUT2D eigenvalue weighted by Crippen LogP contribution is -2.49. The first-order valence-corrected chi connectivity index (χ1v) is 15.3. The summed E-state index contributed by atoms with van der Waals surface area (Å²) < 4.78 is 57.3. The Morgan fingerprint density at radius 3 is 2.14 bits per heavy atom. The predicted octanol–water partition coefficient (Wildman–Crippen LogP) is 4.36. The minimum Gasteiger partial charge on any atom is -0.497 e. The third-order valence-electron chi connectivity index (χ3n) is 6.34. The number of sulfonamides is 1. The van der Waals surface area contributed by atoms with Gasteiger partial charge in [-0.2, -0.15) is 0 Å². The van der Waals surface area contributed by atoms with Crippen LogP contribution in [0.3, 0.4) is 0 Å². The normalized spacial score (nSPS) is 12.0. The maximum atomic E-state index is 13.3. The molecule has 0 aromatic heterocycles. The van der Waals surface area contributed by atoms with Crippen LogP contribution in [0.4, 0.5) is 10.1 Å². The molecule has 0 saturated carbocycles. The number of carbonyl (C=O) groups excluding carboxylic acids is 2. The van der Waals surface area contributed by atoms with Crippen LogP contribution in [-0.2, 0) is 30.9 Å². The zero-order chi connectivity index (χ0) is 31.4. The lowest BCUT2D eigenvalue weighted by molar-refractivity contribution is -0.142. The van der Waals surface area contributed by atoms with Gasteiger partial charge in [-0.3, -0.25) is 14.3 Å². The van der Waals surface area contributed by atoms with Crippen LogP contribution in [0.5, 0.6) is 11.5 Å². The van der Waals surface area contributed by atoms with Crippen LogP contribution < -0.4 is 19.5 Å². The molecule has 0 heterocycles. The molecule has 0 aliphatic heterocycles. The summed E-state index contributed by atoms with van der Waals surface area (Å²) >= 11 is 0. The SMILES string of the molecule is COc1ccc(CN(C(=O)COc2ccc(S(=O)(=O)Nc3ccc(F)cc3)cc2)[C@@H](C)C(=O)NCCCOC(C)C)cc1. The molecule has 0 saturated heterocycles. The van der Waals surface area contributed by atoms with Crippen molar-refractivity contribution in [3.63, 3.8) is 0 Å². The lowest BCUT2D eigenvalue weighted by atomic mass is 10.1. The highest BCUT2D eigenvalue weighted by Gasteiger charge is 2.26. The van der Waals surface area contributed by atoms with Crippen LogP contribution in [0.2, 0.25) is 0 Å². The van der Waals surface area contributed by atoms with Crippen LogP contribution in [0.1, 0.15) is 32.8 Å². The Balaban J connectivity index is 1.65. The van der Waals surface area contributed by atoms with Gasteiger partial charge in [-0.25, -0.2) is 12.8 Å². The Morgan fingerprint density at radius 1 is 0.907 bits per heavy atom. The number of nitrogens with zero attached hydrogens (tertiary/aromatic N) is 1. The van der Waals surface area contributed by atoms with Gasteiger partial charge in [0, 0.05) is 25.4 Å². The Morgan fingerprint density at radius 2 is 1.53 bits per heavy atom. The summed E-state index contributed by atoms with van der Waals surface area (Å²) in [6.45, 7) is 6.22. The zero-order valence-corrected chi connectivity index (χ0v) is 25.5. The van der Waals surface area contributed by atoms with Crippen molar-refractivity contribution in [1.82, 2.24) is 10.2 Å². The summed E-state index contributed by atoms with van der Waals surface area (Å²) in [6.07, 6.45) is 0.739. The van der Waals surface area contributed by atoms with Crippen LogP contribution in [-0.4, -0.2) is 64.1 Å². The third-order valence-corrected chi connectivity index (χ3v) is 7.74. The summed E-state index contributed by atoms with van der Waals surface area (Å²) in [7, 11) is -2.37. The first-order chi connectivity index (χ1) is 20.5. The first kappa shape index (κ1) is 33.3. The smallest absolute Gasteiger partial charge is 0.261 e. The van der Waals surface area contributed by atoms with E-state index in [9.17, 15) is 22.4 Å². The molecule has 3 aromatic carbocycles. The summed E-state index contributed by atoms with van der Waals surface area (Å²) in [6, 6.07) is 16.8. The topological polar surface area (TPSA) is 123 Å². The van der Waals surface area contributed by atoms with E-state index in [0.717, 1.165) is 17.7 Å². The van der Waals surface area contributed by atoms with E-state index in [2.05, 4.69) is 10.0 Å². The molecule has 12 heteroatoms. The number of ether oxygens (including phenoxy) is 3. The molecule has 232 valence electrons. The summed E-state index contributed by atoms with van der Waals surface area (Å²) in [4.78, 5) is 27.7. The van der Waals surface area contributed by atoms with E-state index in [1.807, 2.05) is 26.0 Å². The fourth-order valence-corrected chi connectivity index (χ4v) is 4.99. The summed E-state index contributed by atoms with van der Waals surface area (Å²) in [5, 5.41) is 2.85. The molecule has 3 rings (SSSR count). The molecule has 0 radical (unpaired) electrons. The van der Waals surface area contributed by atoms with Crippen molar-refractivity contribution in [2.75, 3.05) is 31.6 Å². The van der Waals surface area contributed by atoms with E-state index < -0.39 is 27.8 Å². The largest absolute Gasteiger partial charge is 0.497 e. The summed E-state index contributed by atoms with van der Waals surface area (Å²) in [5.74, 6) is -0.298. The average molecular weight is 616 g/mol. The number of halogens is 1. The standard InChI is InChI=1S/C31H38FN3O7S/c1-22(2)41-19-5-18-33-31(37)23(3)35(20-24-6-12-27(40-4)13-7-24)30(36)21-42-28-14-16-29(17-15-28)43(38,39)34-26-10-8-25(32)9-11-26/h6-17,22-23,34H,5,18-21H2,1-4H3,(H,33,37)/t23-/m0/s1. The molecule has 0 spiro atoms. The molecular formula is C31H38FN3O7S. The van der Waals surface area contributed by atoms with Gasteiger partial charge < -0.3 is 24.4 Å². The molecular weight excluding hydrogens is 577 g/mol. The van der Waals surface area contributed by atoms with Crippen molar-refractivity contribution in [1.29, 1.82) is 0 Å². The van der Waals surface area contributed by atoms with E-state index in [1.165, 1.54) is 41.3 Å². The second-order valence-electron chi connectivity index (χ2n) is 9.98.